The zero-order chi connectivity index (χ0) is 18.3. The van der Waals surface area contributed by atoms with E-state index < -0.39 is 5.60 Å². The maximum absolute atomic E-state index is 12.3. The van der Waals surface area contributed by atoms with E-state index in [1.807, 2.05) is 56.3 Å². The molecule has 1 aromatic rings. The molecule has 0 bridgehead atoms. The number of aryl methyl sites for hydroxylation is 1. The van der Waals surface area contributed by atoms with Crippen LogP contribution in [-0.4, -0.2) is 53.6 Å². The van der Waals surface area contributed by atoms with Crippen LogP contribution in [0, 0.1) is 0 Å². The van der Waals surface area contributed by atoms with Crippen LogP contribution in [0.25, 0.3) is 0 Å². The fraction of sp³-hybridized carbons (Fsp3) is 0.632. The lowest BCUT2D eigenvalue weighted by atomic mass is 10.2. The smallest absolute Gasteiger partial charge is 0.410 e. The van der Waals surface area contributed by atoms with E-state index in [2.05, 4.69) is 4.57 Å². The molecule has 6 heteroatoms. The van der Waals surface area contributed by atoms with Crippen molar-refractivity contribution < 1.29 is 18.9 Å². The minimum atomic E-state index is -0.485. The van der Waals surface area contributed by atoms with E-state index in [9.17, 15) is 9.59 Å². The summed E-state index contributed by atoms with van der Waals surface area (Å²) in [6, 6.07) is 6.02. The Bertz CT molecular complexity index is 561. The van der Waals surface area contributed by atoms with Gasteiger partial charge < -0.3 is 14.5 Å². The van der Waals surface area contributed by atoms with Crippen molar-refractivity contribution in [3.8, 4) is 0 Å². The van der Waals surface area contributed by atoms with E-state index in [1.54, 1.807) is 4.90 Å². The molecule has 1 aliphatic heterocycles. The highest BCUT2D eigenvalue weighted by Gasteiger charge is 2.27. The molecule has 0 saturated carbocycles. The summed E-state index contributed by atoms with van der Waals surface area (Å²) < 4.78 is 7.50. The third-order valence-corrected chi connectivity index (χ3v) is 4.12. The lowest BCUT2D eigenvalue weighted by Gasteiger charge is -2.35. The summed E-state index contributed by atoms with van der Waals surface area (Å²) in [5.41, 5.74) is -0.485. The number of rotatable bonds is 5. The molecule has 0 atom stereocenters. The van der Waals surface area contributed by atoms with Crippen LogP contribution >= 0.6 is 0 Å². The van der Waals surface area contributed by atoms with Crippen LogP contribution in [0.4, 0.5) is 4.79 Å². The van der Waals surface area contributed by atoms with Crippen LogP contribution in [-0.2, 0) is 16.1 Å². The van der Waals surface area contributed by atoms with E-state index >= 15 is 0 Å². The van der Waals surface area contributed by atoms with Crippen molar-refractivity contribution in [3.05, 3.63) is 30.6 Å². The van der Waals surface area contributed by atoms with Crippen LogP contribution in [0.15, 0.2) is 30.6 Å². The second kappa shape index (κ2) is 8.83. The lowest BCUT2D eigenvalue weighted by Crippen LogP contribution is -2.51. The topological polar surface area (TPSA) is 53.7 Å². The maximum atomic E-state index is 12.3. The minimum absolute atomic E-state index is 0.182. The molecule has 1 fully saturated rings. The zero-order valence-electron chi connectivity index (χ0n) is 15.6. The monoisotopic (exact) mass is 348 g/mol. The Balaban J connectivity index is 1.64. The van der Waals surface area contributed by atoms with Crippen molar-refractivity contribution in [2.75, 3.05) is 26.2 Å². The lowest BCUT2D eigenvalue weighted by molar-refractivity contribution is -0.697. The number of hydrogen-bond donors (Lipinski definition) is 0. The van der Waals surface area contributed by atoms with Gasteiger partial charge in [-0.2, -0.15) is 0 Å². The summed E-state index contributed by atoms with van der Waals surface area (Å²) in [7, 11) is 0. The predicted molar refractivity (Wildman–Crippen MR) is 94.9 cm³/mol. The van der Waals surface area contributed by atoms with Crippen molar-refractivity contribution in [2.24, 2.45) is 0 Å². The minimum Gasteiger partial charge on any atom is -0.444 e. The van der Waals surface area contributed by atoms with Crippen molar-refractivity contribution in [1.29, 1.82) is 0 Å². The molecule has 6 nitrogen and oxygen atoms in total. The third kappa shape index (κ3) is 6.72. The van der Waals surface area contributed by atoms with Gasteiger partial charge in [0.2, 0.25) is 5.91 Å². The number of pyridine rings is 1. The fourth-order valence-corrected chi connectivity index (χ4v) is 2.78. The molecule has 1 aliphatic rings. The van der Waals surface area contributed by atoms with E-state index in [-0.39, 0.29) is 12.0 Å². The predicted octanol–water partition coefficient (Wildman–Crippen LogP) is 2.22. The van der Waals surface area contributed by atoms with Gasteiger partial charge in [0.15, 0.2) is 12.4 Å². The molecule has 1 saturated heterocycles. The number of unbranched alkanes of at least 4 members (excludes halogenated alkanes) is 1. The molecule has 0 unspecified atom stereocenters. The summed E-state index contributed by atoms with van der Waals surface area (Å²) in [6.45, 7) is 8.77. The molecular formula is C19H30N3O3+. The van der Waals surface area contributed by atoms with E-state index in [0.29, 0.717) is 32.6 Å². The number of amides is 2. The average molecular weight is 348 g/mol. The van der Waals surface area contributed by atoms with E-state index in [1.165, 1.54) is 0 Å². The van der Waals surface area contributed by atoms with Crippen LogP contribution in [0.5, 0.6) is 0 Å². The summed E-state index contributed by atoms with van der Waals surface area (Å²) in [4.78, 5) is 27.9. The van der Waals surface area contributed by atoms with E-state index in [0.717, 1.165) is 19.4 Å². The van der Waals surface area contributed by atoms with Gasteiger partial charge in [-0.25, -0.2) is 9.36 Å². The Morgan fingerprint density at radius 2 is 1.56 bits per heavy atom. The molecular weight excluding hydrogens is 318 g/mol. The van der Waals surface area contributed by atoms with Gasteiger partial charge in [0.05, 0.1) is 0 Å². The summed E-state index contributed by atoms with van der Waals surface area (Å²) in [5, 5.41) is 0. The standard InChI is InChI=1S/C19H30N3O3/c1-19(2,3)25-18(24)22-15-13-21(14-16-22)17(23)9-5-8-12-20-10-6-4-7-11-20/h4,6-7,10-11H,5,8-9,12-16H2,1-3H3/q+1. The van der Waals surface area contributed by atoms with Gasteiger partial charge in [-0.1, -0.05) is 6.07 Å². The van der Waals surface area contributed by atoms with Gasteiger partial charge in [0, 0.05) is 51.2 Å². The van der Waals surface area contributed by atoms with Gasteiger partial charge in [0.1, 0.15) is 12.1 Å². The van der Waals surface area contributed by atoms with Crippen molar-refractivity contribution in [1.82, 2.24) is 9.80 Å². The number of carbonyl (C=O) groups excluding carboxylic acids is 2. The first-order chi connectivity index (χ1) is 11.8. The average Bonchev–Trinajstić information content (AvgIpc) is 2.58. The van der Waals surface area contributed by atoms with Gasteiger partial charge in [-0.05, 0) is 27.2 Å². The van der Waals surface area contributed by atoms with Crippen LogP contribution < -0.4 is 4.57 Å². The highest BCUT2D eigenvalue weighted by molar-refractivity contribution is 5.76. The summed E-state index contributed by atoms with van der Waals surface area (Å²) >= 11 is 0. The first-order valence-corrected chi connectivity index (χ1v) is 9.05. The summed E-state index contributed by atoms with van der Waals surface area (Å²) in [6.07, 6.45) is 6.22. The molecule has 138 valence electrons. The molecule has 0 N–H and O–H groups in total. The number of ether oxygens (including phenoxy) is 1. The molecule has 0 aliphatic carbocycles. The normalized spacial score (nSPS) is 15.2. The number of carbonyl (C=O) groups is 2. The Morgan fingerprint density at radius 1 is 0.960 bits per heavy atom. The molecule has 25 heavy (non-hydrogen) atoms. The van der Waals surface area contributed by atoms with Gasteiger partial charge in [-0.15, -0.1) is 0 Å². The van der Waals surface area contributed by atoms with Crippen molar-refractivity contribution in [2.45, 2.75) is 52.2 Å². The number of aromatic nitrogens is 1. The van der Waals surface area contributed by atoms with Gasteiger partial charge >= 0.3 is 6.09 Å². The number of piperazine rings is 1. The molecule has 0 radical (unpaired) electrons. The number of nitrogens with zero attached hydrogens (tertiary/aromatic N) is 3. The number of hydrogen-bond acceptors (Lipinski definition) is 3. The third-order valence-electron chi connectivity index (χ3n) is 4.12. The highest BCUT2D eigenvalue weighted by Crippen LogP contribution is 2.12. The SMILES string of the molecule is CC(C)(C)OC(=O)N1CCN(C(=O)CCCC[n+]2ccccc2)CC1. The van der Waals surface area contributed by atoms with Gasteiger partial charge in [-0.3, -0.25) is 4.79 Å². The molecule has 2 rings (SSSR count). The molecule has 1 aromatic heterocycles. The zero-order valence-corrected chi connectivity index (χ0v) is 15.6. The second-order valence-electron chi connectivity index (χ2n) is 7.42. The van der Waals surface area contributed by atoms with Crippen molar-refractivity contribution >= 4 is 12.0 Å². The Kier molecular flexibility index (Phi) is 6.79. The van der Waals surface area contributed by atoms with Crippen molar-refractivity contribution in [3.63, 3.8) is 0 Å². The quantitative estimate of drug-likeness (QED) is 0.606. The first-order valence-electron chi connectivity index (χ1n) is 9.05. The molecule has 2 amide bonds. The van der Waals surface area contributed by atoms with Gasteiger partial charge in [0.25, 0.3) is 0 Å². The highest BCUT2D eigenvalue weighted by atomic mass is 16.6. The largest absolute Gasteiger partial charge is 0.444 e. The van der Waals surface area contributed by atoms with E-state index in [4.69, 9.17) is 4.74 Å². The maximum Gasteiger partial charge on any atom is 0.410 e. The molecule has 2 heterocycles. The summed E-state index contributed by atoms with van der Waals surface area (Å²) in [5.74, 6) is 0.182. The van der Waals surface area contributed by atoms with Crippen LogP contribution in [0.2, 0.25) is 0 Å². The van der Waals surface area contributed by atoms with Crippen LogP contribution in [0.1, 0.15) is 40.0 Å². The second-order valence-corrected chi connectivity index (χ2v) is 7.42. The van der Waals surface area contributed by atoms with Crippen LogP contribution in [0.3, 0.4) is 0 Å². The Hall–Kier alpha value is -2.11. The molecule has 0 spiro atoms. The fourth-order valence-electron chi connectivity index (χ4n) is 2.78. The molecule has 0 aromatic carbocycles. The first kappa shape index (κ1) is 19.2. The Morgan fingerprint density at radius 3 is 2.16 bits per heavy atom. The Labute approximate surface area is 150 Å².